The van der Waals surface area contributed by atoms with Gasteiger partial charge in [-0.2, -0.15) is 0 Å². The number of nitro groups is 1. The van der Waals surface area contributed by atoms with Crippen molar-refractivity contribution in [3.63, 3.8) is 0 Å². The molecule has 0 spiro atoms. The van der Waals surface area contributed by atoms with Crippen LogP contribution in [0.5, 0.6) is 0 Å². The molecular weight excluding hydrogens is 217 g/mol. The third-order valence-electron chi connectivity index (χ3n) is 1.84. The quantitative estimate of drug-likeness (QED) is 0.489. The predicted molar refractivity (Wildman–Crippen MR) is 58.2 cm³/mol. The zero-order chi connectivity index (χ0) is 14.1. The van der Waals surface area contributed by atoms with Crippen LogP contribution >= 0.6 is 9.47 Å². The first-order valence-corrected chi connectivity index (χ1v) is 4.46. The number of aliphatic hydroxyl groups is 1. The van der Waals surface area contributed by atoms with Crippen LogP contribution in [0.3, 0.4) is 0 Å². The van der Waals surface area contributed by atoms with Gasteiger partial charge in [0, 0.05) is 21.6 Å². The summed E-state index contributed by atoms with van der Waals surface area (Å²) in [6.45, 7) is -1.38. The summed E-state index contributed by atoms with van der Waals surface area (Å²) in [6.07, 6.45) is -1.60. The minimum Gasteiger partial charge on any atom is -0.392 e. The second-order valence-electron chi connectivity index (χ2n) is 2.81. The molecule has 1 rings (SSSR count). The van der Waals surface area contributed by atoms with Crippen LogP contribution in [0.15, 0.2) is 18.2 Å². The molecule has 0 heterocycles. The van der Waals surface area contributed by atoms with Crippen molar-refractivity contribution in [2.24, 2.45) is 0 Å². The van der Waals surface area contributed by atoms with Gasteiger partial charge in [0.15, 0.2) is 0 Å². The van der Waals surface area contributed by atoms with Gasteiger partial charge in [-0.3, -0.25) is 10.1 Å². The van der Waals surface area contributed by atoms with Gasteiger partial charge < -0.3 is 9.63 Å². The van der Waals surface area contributed by atoms with Gasteiger partial charge in [0.05, 0.1) is 21.7 Å². The Morgan fingerprint density at radius 2 is 2.47 bits per heavy atom. The molecule has 2 atom stereocenters. The number of rotatable bonds is 4. The van der Waals surface area contributed by atoms with E-state index in [1.165, 1.54) is 6.92 Å². The van der Waals surface area contributed by atoms with Gasteiger partial charge in [-0.15, -0.1) is 0 Å². The molecule has 0 aliphatic heterocycles. The summed E-state index contributed by atoms with van der Waals surface area (Å²) in [7, 11) is 1.87. The number of nitro benzene ring substituents is 1. The summed E-state index contributed by atoms with van der Waals surface area (Å²) in [5, 5.41) is 20.0. The lowest BCUT2D eigenvalue weighted by atomic mass is 10.1. The number of hydrogen-bond acceptors (Lipinski definition) is 4. The largest absolute Gasteiger partial charge is 0.392 e. The van der Waals surface area contributed by atoms with Gasteiger partial charge in [0.1, 0.15) is 0 Å². The molecule has 6 heteroatoms. The summed E-state index contributed by atoms with van der Waals surface area (Å²) in [5.74, 6) is 0. The van der Waals surface area contributed by atoms with Crippen LogP contribution in [0, 0.1) is 10.1 Å². The fraction of sp³-hybridized carbons (Fsp3) is 0.333. The summed E-state index contributed by atoms with van der Waals surface area (Å²) in [5.41, 5.74) is -0.646. The highest BCUT2D eigenvalue weighted by Crippen LogP contribution is 2.25. The lowest BCUT2D eigenvalue weighted by molar-refractivity contribution is -0.385. The highest BCUT2D eigenvalue weighted by atomic mass is 31.0. The molecule has 1 N–H and O–H groups in total. The molecule has 82 valence electrons. The van der Waals surface area contributed by atoms with Crippen LogP contribution in [0.1, 0.15) is 28.2 Å². The van der Waals surface area contributed by atoms with Crippen LogP contribution < -0.4 is 0 Å². The van der Waals surface area contributed by atoms with E-state index in [2.05, 4.69) is 0 Å². The summed E-state index contributed by atoms with van der Waals surface area (Å²) >= 11 is 0. The Balaban J connectivity index is 3.46. The maximum Gasteiger partial charge on any atom is 0.270 e. The van der Waals surface area contributed by atoms with Crippen molar-refractivity contribution in [1.29, 1.82) is 0 Å². The Morgan fingerprint density at radius 1 is 1.80 bits per heavy atom. The minimum absolute atomic E-state index is 0.0691. The Labute approximate surface area is 93.7 Å². The van der Waals surface area contributed by atoms with E-state index in [0.29, 0.717) is 0 Å². The molecule has 0 radical (unpaired) electrons. The van der Waals surface area contributed by atoms with Crippen LogP contribution in [0.25, 0.3) is 0 Å². The second kappa shape index (κ2) is 5.16. The van der Waals surface area contributed by atoms with Crippen LogP contribution in [-0.2, 0) is 11.1 Å². The van der Waals surface area contributed by atoms with Gasteiger partial charge in [-0.25, -0.2) is 0 Å². The first-order chi connectivity index (χ1) is 8.08. The molecule has 0 aliphatic carbocycles. The maximum atomic E-state index is 10.7. The number of benzene rings is 1. The lowest BCUT2D eigenvalue weighted by Gasteiger charge is -2.10. The van der Waals surface area contributed by atoms with Crippen molar-refractivity contribution in [1.82, 2.24) is 0 Å². The van der Waals surface area contributed by atoms with Crippen molar-refractivity contribution < 1.29 is 18.7 Å². The summed E-state index contributed by atoms with van der Waals surface area (Å²) in [6, 6.07) is 3.18. The van der Waals surface area contributed by atoms with Crippen molar-refractivity contribution in [2.45, 2.75) is 19.6 Å². The Kier molecular flexibility index (Phi) is 2.81. The molecule has 2 unspecified atom stereocenters. The molecule has 0 saturated carbocycles. The van der Waals surface area contributed by atoms with E-state index in [9.17, 15) is 15.2 Å². The fourth-order valence-corrected chi connectivity index (χ4v) is 1.19. The molecule has 0 aliphatic rings. The molecular formula is C9H12NO4P. The first kappa shape index (κ1) is 8.16. The zero-order valence-electron chi connectivity index (χ0n) is 10.9. The Morgan fingerprint density at radius 3 is 2.93 bits per heavy atom. The minimum atomic E-state index is -2.72. The molecule has 1 aromatic rings. The van der Waals surface area contributed by atoms with Gasteiger partial charge in [0.2, 0.25) is 0 Å². The van der Waals surface area contributed by atoms with E-state index < -0.39 is 23.2 Å². The summed E-state index contributed by atoms with van der Waals surface area (Å²) in [4.78, 5) is 10.0. The van der Waals surface area contributed by atoms with Gasteiger partial charge >= 0.3 is 0 Å². The number of non-ortho nitro benzene ring substituents is 1. The molecule has 0 saturated heterocycles. The average Bonchev–Trinajstić information content (AvgIpc) is 2.27. The van der Waals surface area contributed by atoms with Crippen molar-refractivity contribution in [3.8, 4) is 0 Å². The smallest absolute Gasteiger partial charge is 0.270 e. The van der Waals surface area contributed by atoms with E-state index in [0.717, 1.165) is 18.2 Å². The first-order valence-electron chi connectivity index (χ1n) is 5.48. The number of hydrogen-bond donors (Lipinski definition) is 1. The van der Waals surface area contributed by atoms with Gasteiger partial charge in [-0.1, -0.05) is 6.07 Å². The predicted octanol–water partition coefficient (Wildman–Crippen LogP) is 1.95. The monoisotopic (exact) mass is 232 g/mol. The molecule has 0 bridgehead atoms. The molecule has 5 nitrogen and oxygen atoms in total. The van der Waals surface area contributed by atoms with E-state index in [-0.39, 0.29) is 11.1 Å². The summed E-state index contributed by atoms with van der Waals surface area (Å²) < 4.78 is 26.9. The lowest BCUT2D eigenvalue weighted by Crippen LogP contribution is -1.98. The van der Waals surface area contributed by atoms with E-state index in [1.807, 2.05) is 9.47 Å². The third-order valence-corrected chi connectivity index (χ3v) is 2.19. The molecule has 15 heavy (non-hydrogen) atoms. The highest BCUT2D eigenvalue weighted by Gasteiger charge is 2.13. The highest BCUT2D eigenvalue weighted by molar-refractivity contribution is 7.09. The topological polar surface area (TPSA) is 72.6 Å². The van der Waals surface area contributed by atoms with Crippen LogP contribution in [0.2, 0.25) is 0 Å². The Bertz CT molecular complexity index is 475. The SMILES string of the molecule is [2H]C([2H])(O)c1cc([N+](=O)[O-])cc(C([2H])(C)OP)c1. The van der Waals surface area contributed by atoms with Crippen LogP contribution in [0.4, 0.5) is 5.69 Å². The maximum absolute atomic E-state index is 10.7. The molecule has 1 aromatic carbocycles. The van der Waals surface area contributed by atoms with E-state index in [4.69, 9.17) is 8.64 Å². The van der Waals surface area contributed by atoms with Crippen molar-refractivity contribution in [2.75, 3.05) is 0 Å². The third kappa shape index (κ3) is 2.96. The van der Waals surface area contributed by atoms with Gasteiger partial charge in [-0.05, 0) is 18.1 Å². The number of nitrogens with zero attached hydrogens (tertiary/aromatic N) is 1. The van der Waals surface area contributed by atoms with Gasteiger partial charge in [0.25, 0.3) is 5.69 Å². The molecule has 0 aromatic heterocycles. The van der Waals surface area contributed by atoms with E-state index >= 15 is 0 Å². The van der Waals surface area contributed by atoms with Crippen molar-refractivity contribution >= 4 is 15.2 Å². The standard InChI is InChI=1S/C9H12NO4P/c1-6(14-15)8-2-7(5-11)3-9(4-8)10(12)13/h2-4,6,11H,5,15H2,1H3/i5D2,6D. The molecule has 0 amide bonds. The van der Waals surface area contributed by atoms with Crippen LogP contribution in [-0.4, -0.2) is 10.0 Å². The zero-order valence-corrected chi connectivity index (χ0v) is 9.08. The van der Waals surface area contributed by atoms with Crippen molar-refractivity contribution in [3.05, 3.63) is 39.4 Å². The second-order valence-corrected chi connectivity index (χ2v) is 3.05. The fourth-order valence-electron chi connectivity index (χ4n) is 1.05. The normalized spacial score (nSPS) is 18.5. The van der Waals surface area contributed by atoms with E-state index in [1.54, 1.807) is 0 Å². The average molecular weight is 232 g/mol. The molecule has 0 fully saturated rings. The Hall–Kier alpha value is -1.03.